The lowest BCUT2D eigenvalue weighted by molar-refractivity contribution is 0.431. The number of anilines is 3. The summed E-state index contributed by atoms with van der Waals surface area (Å²) in [6.45, 7) is 8.67. The number of rotatable bonds is 7. The molecule has 3 rings (SSSR count). The minimum atomic E-state index is 0.207. The highest BCUT2D eigenvalue weighted by atomic mass is 32.1. The van der Waals surface area contributed by atoms with Crippen molar-refractivity contribution in [2.75, 3.05) is 17.2 Å². The van der Waals surface area contributed by atoms with Crippen LogP contribution < -0.4 is 17.2 Å². The quantitative estimate of drug-likeness (QED) is 0.453. The van der Waals surface area contributed by atoms with Gasteiger partial charge in [-0.2, -0.15) is 0 Å². The molecule has 6 heteroatoms. The number of thiophene rings is 2. The van der Waals surface area contributed by atoms with Crippen LogP contribution in [0.1, 0.15) is 72.3 Å². The van der Waals surface area contributed by atoms with Gasteiger partial charge in [0.05, 0.1) is 5.69 Å². The van der Waals surface area contributed by atoms with E-state index in [-0.39, 0.29) is 5.92 Å². The van der Waals surface area contributed by atoms with Crippen molar-refractivity contribution in [3.8, 4) is 0 Å². The Morgan fingerprint density at radius 2 is 1.63 bits per heavy atom. The molecule has 0 spiro atoms. The number of nitrogen functional groups attached to an aromatic ring is 3. The number of furan rings is 1. The first-order chi connectivity index (χ1) is 12.8. The van der Waals surface area contributed by atoms with Gasteiger partial charge in [-0.15, -0.1) is 22.7 Å². The van der Waals surface area contributed by atoms with Crippen LogP contribution in [-0.4, -0.2) is 0 Å². The van der Waals surface area contributed by atoms with Gasteiger partial charge in [-0.3, -0.25) is 0 Å². The summed E-state index contributed by atoms with van der Waals surface area (Å²) in [5.74, 6) is 2.74. The predicted octanol–water partition coefficient (Wildman–Crippen LogP) is 5.97. The summed E-state index contributed by atoms with van der Waals surface area (Å²) >= 11 is 3.43. The molecule has 0 saturated carbocycles. The lowest BCUT2D eigenvalue weighted by Gasteiger charge is -2.10. The Morgan fingerprint density at radius 3 is 2.22 bits per heavy atom. The standard InChI is InChI=1S/C21H29N3OS2/c1-11(2)21-18(23)8-15(27-21)6-13(4)20-17(22)7-14(25-20)5-12(3)16-9-26-10-19(16)24/h7-13H,5-6,22-24H2,1-4H3. The first kappa shape index (κ1) is 19.8. The van der Waals surface area contributed by atoms with Gasteiger partial charge in [0.15, 0.2) is 0 Å². The van der Waals surface area contributed by atoms with Crippen molar-refractivity contribution in [2.45, 2.75) is 58.3 Å². The highest BCUT2D eigenvalue weighted by Gasteiger charge is 2.20. The van der Waals surface area contributed by atoms with E-state index in [4.69, 9.17) is 21.6 Å². The third kappa shape index (κ3) is 4.33. The highest BCUT2D eigenvalue weighted by Crippen LogP contribution is 2.37. The van der Waals surface area contributed by atoms with Gasteiger partial charge in [-0.05, 0) is 35.3 Å². The van der Waals surface area contributed by atoms with Gasteiger partial charge in [0.2, 0.25) is 0 Å². The summed E-state index contributed by atoms with van der Waals surface area (Å²) in [5.41, 5.74) is 22.1. The summed E-state index contributed by atoms with van der Waals surface area (Å²) in [6, 6.07) is 4.06. The fraction of sp³-hybridized carbons (Fsp3) is 0.429. The van der Waals surface area contributed by atoms with E-state index in [2.05, 4.69) is 39.1 Å². The molecule has 0 saturated heterocycles. The van der Waals surface area contributed by atoms with E-state index in [1.54, 1.807) is 22.7 Å². The van der Waals surface area contributed by atoms with E-state index in [0.717, 1.165) is 41.4 Å². The van der Waals surface area contributed by atoms with Crippen LogP contribution in [-0.2, 0) is 12.8 Å². The van der Waals surface area contributed by atoms with Gasteiger partial charge < -0.3 is 21.6 Å². The molecule has 3 aromatic rings. The normalized spacial score (nSPS) is 14.0. The van der Waals surface area contributed by atoms with Crippen LogP contribution in [0.25, 0.3) is 0 Å². The molecule has 0 amide bonds. The van der Waals surface area contributed by atoms with E-state index in [1.807, 2.05) is 11.4 Å². The third-order valence-electron chi connectivity index (χ3n) is 4.93. The second-order valence-corrected chi connectivity index (χ2v) is 9.62. The Labute approximate surface area is 169 Å². The average molecular weight is 404 g/mol. The largest absolute Gasteiger partial charge is 0.464 e. The lowest BCUT2D eigenvalue weighted by atomic mass is 9.98. The second-order valence-electron chi connectivity index (χ2n) is 7.71. The summed E-state index contributed by atoms with van der Waals surface area (Å²) in [7, 11) is 0. The van der Waals surface area contributed by atoms with Crippen LogP contribution in [0.15, 0.2) is 27.3 Å². The van der Waals surface area contributed by atoms with Gasteiger partial charge in [0.25, 0.3) is 0 Å². The summed E-state index contributed by atoms with van der Waals surface area (Å²) in [4.78, 5) is 2.54. The Morgan fingerprint density at radius 1 is 0.889 bits per heavy atom. The molecule has 27 heavy (non-hydrogen) atoms. The monoisotopic (exact) mass is 403 g/mol. The molecule has 0 aliphatic rings. The van der Waals surface area contributed by atoms with E-state index in [0.29, 0.717) is 11.8 Å². The van der Waals surface area contributed by atoms with Crippen molar-refractivity contribution in [1.29, 1.82) is 0 Å². The maximum Gasteiger partial charge on any atom is 0.130 e. The minimum absolute atomic E-state index is 0.207. The minimum Gasteiger partial charge on any atom is -0.464 e. The smallest absolute Gasteiger partial charge is 0.130 e. The van der Waals surface area contributed by atoms with Crippen molar-refractivity contribution < 1.29 is 4.42 Å². The van der Waals surface area contributed by atoms with E-state index >= 15 is 0 Å². The van der Waals surface area contributed by atoms with Gasteiger partial charge in [0.1, 0.15) is 11.5 Å². The molecule has 0 aliphatic heterocycles. The van der Waals surface area contributed by atoms with Gasteiger partial charge >= 0.3 is 0 Å². The molecule has 3 heterocycles. The number of hydrogen-bond acceptors (Lipinski definition) is 6. The summed E-state index contributed by atoms with van der Waals surface area (Å²) in [6.07, 6.45) is 1.67. The Bertz CT molecular complexity index is 907. The van der Waals surface area contributed by atoms with Crippen LogP contribution in [0.3, 0.4) is 0 Å². The maximum atomic E-state index is 6.27. The third-order valence-corrected chi connectivity index (χ3v) is 7.18. The van der Waals surface area contributed by atoms with E-state index in [1.165, 1.54) is 15.3 Å². The molecule has 0 aliphatic carbocycles. The van der Waals surface area contributed by atoms with Crippen molar-refractivity contribution in [1.82, 2.24) is 0 Å². The molecule has 2 atom stereocenters. The molecule has 0 radical (unpaired) electrons. The van der Waals surface area contributed by atoms with Gasteiger partial charge in [-0.25, -0.2) is 0 Å². The number of nitrogens with two attached hydrogens (primary N) is 3. The van der Waals surface area contributed by atoms with Crippen LogP contribution >= 0.6 is 22.7 Å². The topological polar surface area (TPSA) is 91.2 Å². The van der Waals surface area contributed by atoms with E-state index in [9.17, 15) is 0 Å². The molecular formula is C21H29N3OS2. The first-order valence-electron chi connectivity index (χ1n) is 9.34. The fourth-order valence-corrected chi connectivity index (χ4v) is 5.59. The zero-order valence-electron chi connectivity index (χ0n) is 16.4. The molecule has 3 aromatic heterocycles. The van der Waals surface area contributed by atoms with Crippen LogP contribution in [0.4, 0.5) is 17.1 Å². The molecule has 0 aromatic carbocycles. The Hall–Kier alpha value is -1.92. The first-order valence-corrected chi connectivity index (χ1v) is 11.1. The number of hydrogen-bond donors (Lipinski definition) is 3. The van der Waals surface area contributed by atoms with Crippen molar-refractivity contribution in [2.24, 2.45) is 0 Å². The molecule has 146 valence electrons. The molecule has 4 nitrogen and oxygen atoms in total. The molecule has 6 N–H and O–H groups in total. The second kappa shape index (κ2) is 7.98. The zero-order valence-corrected chi connectivity index (χ0v) is 18.0. The van der Waals surface area contributed by atoms with Crippen molar-refractivity contribution >= 4 is 39.7 Å². The van der Waals surface area contributed by atoms with E-state index < -0.39 is 0 Å². The lowest BCUT2D eigenvalue weighted by Crippen LogP contribution is -2.00. The van der Waals surface area contributed by atoms with Crippen molar-refractivity contribution in [3.63, 3.8) is 0 Å². The van der Waals surface area contributed by atoms with Crippen molar-refractivity contribution in [3.05, 3.63) is 49.7 Å². The molecule has 0 bridgehead atoms. The van der Waals surface area contributed by atoms with Crippen LogP contribution in [0.5, 0.6) is 0 Å². The average Bonchev–Trinajstić information content (AvgIpc) is 3.26. The predicted molar refractivity (Wildman–Crippen MR) is 119 cm³/mol. The van der Waals surface area contributed by atoms with Gasteiger partial charge in [-0.1, -0.05) is 27.7 Å². The Balaban J connectivity index is 1.72. The SMILES string of the molecule is CC(C)c1sc(CC(C)c2oc(CC(C)c3cscc3N)cc2N)cc1N. The maximum absolute atomic E-state index is 6.27. The molecule has 0 fully saturated rings. The summed E-state index contributed by atoms with van der Waals surface area (Å²) < 4.78 is 6.15. The van der Waals surface area contributed by atoms with Crippen LogP contribution in [0, 0.1) is 0 Å². The fourth-order valence-electron chi connectivity index (χ4n) is 3.51. The molecular weight excluding hydrogens is 374 g/mol. The summed E-state index contributed by atoms with van der Waals surface area (Å²) in [5, 5.41) is 4.09. The zero-order chi connectivity index (χ0) is 19.7. The highest BCUT2D eigenvalue weighted by molar-refractivity contribution is 7.12. The van der Waals surface area contributed by atoms with Gasteiger partial charge in [0, 0.05) is 44.9 Å². The Kier molecular flexibility index (Phi) is 5.86. The molecule has 2 unspecified atom stereocenters. The van der Waals surface area contributed by atoms with Crippen LogP contribution in [0.2, 0.25) is 0 Å².